The first-order valence-corrected chi connectivity index (χ1v) is 8.07. The van der Waals surface area contributed by atoms with E-state index in [1.165, 1.54) is 0 Å². The van der Waals surface area contributed by atoms with Crippen LogP contribution in [0.4, 0.5) is 83.4 Å². The minimum absolute atomic E-state index is 1.03. The molecule has 0 aromatic heterocycles. The fourth-order valence-corrected chi connectivity index (χ4v) is 1.74. The van der Waals surface area contributed by atoms with Crippen molar-refractivity contribution in [3.63, 3.8) is 0 Å². The fraction of sp³-hybridized carbons (Fsp3) is 1.00. The monoisotopic (exact) mass is 582 g/mol. The Balaban J connectivity index is 6.47. The van der Waals surface area contributed by atoms with E-state index in [2.05, 4.69) is 0 Å². The molecule has 0 aliphatic carbocycles. The van der Waals surface area contributed by atoms with Crippen LogP contribution in [-0.4, -0.2) is 66.6 Å². The first-order valence-electron chi connectivity index (χ1n) is 6.63. The fourth-order valence-electron chi connectivity index (χ4n) is 1.29. The van der Waals surface area contributed by atoms with E-state index < -0.39 is 63.8 Å². The van der Waals surface area contributed by atoms with Gasteiger partial charge in [-0.25, -0.2) is 9.47 Å². The highest BCUT2D eigenvalue weighted by Gasteiger charge is 2.91. The molecule has 0 bridgehead atoms. The Morgan fingerprint density at radius 3 is 1.00 bits per heavy atom. The summed E-state index contributed by atoms with van der Waals surface area (Å²) in [4.78, 5) is 0. The van der Waals surface area contributed by atoms with E-state index >= 15 is 0 Å². The predicted molar refractivity (Wildman–Crippen MR) is 59.3 cm³/mol. The Hall–Kier alpha value is -1.50. The predicted octanol–water partition coefficient (Wildman–Crippen LogP) is 5.34. The third-order valence-electron chi connectivity index (χ3n) is 3.03. The topological polar surface area (TPSA) is 72.8 Å². The molecular formula is C9HF19O5S. The van der Waals surface area contributed by atoms with Crippen molar-refractivity contribution in [1.29, 1.82) is 0 Å². The normalized spacial score (nSPS) is 16.7. The lowest BCUT2D eigenvalue weighted by atomic mass is 10.0. The summed E-state index contributed by atoms with van der Waals surface area (Å²) in [5, 5.41) is -7.83. The van der Waals surface area contributed by atoms with Gasteiger partial charge in [-0.2, -0.15) is 91.8 Å². The lowest BCUT2D eigenvalue weighted by molar-refractivity contribution is -0.555. The molecule has 0 aromatic carbocycles. The van der Waals surface area contributed by atoms with E-state index in [1.807, 2.05) is 0 Å². The smallest absolute Gasteiger partial charge is 0.281 e. The maximum atomic E-state index is 13.2. The van der Waals surface area contributed by atoms with Crippen molar-refractivity contribution in [2.24, 2.45) is 0 Å². The summed E-state index contributed by atoms with van der Waals surface area (Å²) in [6, 6.07) is 0. The van der Waals surface area contributed by atoms with Crippen molar-refractivity contribution in [2.75, 3.05) is 0 Å². The zero-order chi connectivity index (χ0) is 28.4. The van der Waals surface area contributed by atoms with E-state index in [0.717, 1.165) is 9.47 Å². The third kappa shape index (κ3) is 4.91. The van der Waals surface area contributed by atoms with Crippen LogP contribution in [0.1, 0.15) is 0 Å². The van der Waals surface area contributed by atoms with Crippen molar-refractivity contribution in [3.8, 4) is 0 Å². The largest absolute Gasteiger partial charge is 0.483 e. The molecule has 34 heavy (non-hydrogen) atoms. The molecule has 1 N–H and O–H groups in total. The van der Waals surface area contributed by atoms with E-state index in [4.69, 9.17) is 4.55 Å². The van der Waals surface area contributed by atoms with Crippen LogP contribution in [0.25, 0.3) is 0 Å². The molecule has 0 amide bonds. The Morgan fingerprint density at radius 2 is 0.735 bits per heavy atom. The standard InChI is InChI=1S/C9HF19O5S/c10-1(11,3(14,15)9(27,28)34(29,30)31)2(12,13)5(19,20)32-7(23,24)8(25,26)33-6(21,22)4(16,17)18/h(H,29,30,31). The third-order valence-corrected chi connectivity index (χ3v) is 3.93. The highest BCUT2D eigenvalue weighted by atomic mass is 32.2. The van der Waals surface area contributed by atoms with E-state index in [9.17, 15) is 91.8 Å². The van der Waals surface area contributed by atoms with Crippen LogP contribution < -0.4 is 0 Å². The van der Waals surface area contributed by atoms with Gasteiger partial charge >= 0.3 is 63.8 Å². The van der Waals surface area contributed by atoms with Crippen LogP contribution in [-0.2, 0) is 19.6 Å². The minimum Gasteiger partial charge on any atom is -0.281 e. The van der Waals surface area contributed by atoms with Crippen molar-refractivity contribution in [3.05, 3.63) is 0 Å². The first kappa shape index (κ1) is 32.5. The summed E-state index contributed by atoms with van der Waals surface area (Å²) < 4.78 is 271. The van der Waals surface area contributed by atoms with Gasteiger partial charge in [0.1, 0.15) is 0 Å². The molecular weight excluding hydrogens is 581 g/mol. The van der Waals surface area contributed by atoms with Crippen LogP contribution in [0.5, 0.6) is 0 Å². The molecule has 0 radical (unpaired) electrons. The molecule has 0 aliphatic rings. The van der Waals surface area contributed by atoms with Gasteiger partial charge in [-0.15, -0.1) is 0 Å². The van der Waals surface area contributed by atoms with Gasteiger partial charge in [0.05, 0.1) is 0 Å². The van der Waals surface area contributed by atoms with Crippen LogP contribution in [0, 0.1) is 0 Å². The second kappa shape index (κ2) is 8.01. The molecule has 0 saturated carbocycles. The number of hydrogen-bond acceptors (Lipinski definition) is 4. The van der Waals surface area contributed by atoms with Gasteiger partial charge in [0, 0.05) is 0 Å². The number of alkyl halides is 19. The quantitative estimate of drug-likeness (QED) is 0.278. The lowest BCUT2D eigenvalue weighted by Gasteiger charge is -2.39. The van der Waals surface area contributed by atoms with E-state index in [-0.39, 0.29) is 0 Å². The van der Waals surface area contributed by atoms with Crippen LogP contribution in [0.3, 0.4) is 0 Å². The number of ether oxygens (including phenoxy) is 2. The van der Waals surface area contributed by atoms with Crippen molar-refractivity contribution >= 4 is 10.1 Å². The maximum absolute atomic E-state index is 13.2. The molecule has 206 valence electrons. The Labute approximate surface area is 171 Å². The average molecular weight is 582 g/mol. The second-order valence-corrected chi connectivity index (χ2v) is 6.95. The van der Waals surface area contributed by atoms with Gasteiger partial charge in [-0.1, -0.05) is 0 Å². The molecule has 0 atom stereocenters. The summed E-state index contributed by atoms with van der Waals surface area (Å²) in [6.07, 6.45) is -38.9. The molecule has 0 rings (SSSR count). The SMILES string of the molecule is O=S(=O)(O)C(F)(F)C(F)(F)C(F)(F)C(F)(F)C(F)(F)OC(F)(F)C(F)(F)OC(F)(F)C(F)(F)F. The number of halogens is 19. The van der Waals surface area contributed by atoms with Crippen LogP contribution >= 0.6 is 0 Å². The zero-order valence-electron chi connectivity index (χ0n) is 14.2. The Morgan fingerprint density at radius 1 is 0.441 bits per heavy atom. The van der Waals surface area contributed by atoms with Gasteiger partial charge in [0.2, 0.25) is 0 Å². The van der Waals surface area contributed by atoms with Crippen molar-refractivity contribution in [2.45, 2.75) is 53.6 Å². The van der Waals surface area contributed by atoms with Gasteiger partial charge in [-0.3, -0.25) is 4.55 Å². The van der Waals surface area contributed by atoms with E-state index in [1.54, 1.807) is 0 Å². The number of hydrogen-bond donors (Lipinski definition) is 1. The summed E-state index contributed by atoms with van der Waals surface area (Å²) in [6.45, 7) is 0. The van der Waals surface area contributed by atoms with Crippen LogP contribution in [0.15, 0.2) is 0 Å². The molecule has 0 aliphatic heterocycles. The maximum Gasteiger partial charge on any atom is 0.483 e. The molecule has 0 spiro atoms. The molecule has 0 saturated heterocycles. The minimum atomic E-state index is -8.65. The Bertz CT molecular complexity index is 858. The van der Waals surface area contributed by atoms with E-state index in [0.29, 0.717) is 0 Å². The average Bonchev–Trinajstić information content (AvgIpc) is 2.49. The Kier molecular flexibility index (Phi) is 7.65. The second-order valence-electron chi connectivity index (χ2n) is 5.48. The molecule has 0 unspecified atom stereocenters. The van der Waals surface area contributed by atoms with Gasteiger partial charge in [0.25, 0.3) is 0 Å². The van der Waals surface area contributed by atoms with Gasteiger partial charge < -0.3 is 0 Å². The summed E-state index contributed by atoms with van der Waals surface area (Å²) in [5.41, 5.74) is 0. The highest BCUT2D eigenvalue weighted by Crippen LogP contribution is 2.59. The van der Waals surface area contributed by atoms with Gasteiger partial charge in [0.15, 0.2) is 0 Å². The van der Waals surface area contributed by atoms with Crippen molar-refractivity contribution < 1.29 is 106 Å². The molecule has 25 heteroatoms. The summed E-state index contributed by atoms with van der Waals surface area (Å²) in [5.74, 6) is -25.7. The highest BCUT2D eigenvalue weighted by molar-refractivity contribution is 7.87. The number of rotatable bonds is 10. The summed E-state index contributed by atoms with van der Waals surface area (Å²) >= 11 is 0. The molecule has 0 aromatic rings. The van der Waals surface area contributed by atoms with Crippen molar-refractivity contribution in [1.82, 2.24) is 0 Å². The lowest BCUT2D eigenvalue weighted by Crippen LogP contribution is -2.70. The first-order chi connectivity index (χ1) is 14.2. The zero-order valence-corrected chi connectivity index (χ0v) is 15.0. The van der Waals surface area contributed by atoms with Gasteiger partial charge in [-0.05, 0) is 0 Å². The molecule has 5 nitrogen and oxygen atoms in total. The summed E-state index contributed by atoms with van der Waals surface area (Å²) in [7, 11) is -7.90. The molecule has 0 fully saturated rings. The molecule has 0 heterocycles. The van der Waals surface area contributed by atoms with Crippen LogP contribution in [0.2, 0.25) is 0 Å².